The lowest BCUT2D eigenvalue weighted by atomic mass is 10.1. The Balaban J connectivity index is 2.50. The third kappa shape index (κ3) is 2.17. The van der Waals surface area contributed by atoms with Crippen LogP contribution in [0.4, 0.5) is 0 Å². The van der Waals surface area contributed by atoms with Crippen LogP contribution < -0.4 is 0 Å². The molecule has 98 valence electrons. The lowest BCUT2D eigenvalue weighted by Gasteiger charge is -1.95. The second-order valence-corrected chi connectivity index (χ2v) is 3.99. The van der Waals surface area contributed by atoms with Crippen molar-refractivity contribution in [2.24, 2.45) is 17.3 Å². The number of aromatic nitrogens is 1. The van der Waals surface area contributed by atoms with Gasteiger partial charge in [0.25, 0.3) is 11.8 Å². The molecule has 2 rings (SSSR count). The minimum absolute atomic E-state index is 0.100. The van der Waals surface area contributed by atoms with Gasteiger partial charge in [0.2, 0.25) is 11.8 Å². The Morgan fingerprint density at radius 1 is 1.11 bits per heavy atom. The van der Waals surface area contributed by atoms with Crippen molar-refractivity contribution in [1.29, 1.82) is 0 Å². The van der Waals surface area contributed by atoms with Gasteiger partial charge in [-0.05, 0) is 18.2 Å². The number of rotatable bonds is 1. The summed E-state index contributed by atoms with van der Waals surface area (Å²) >= 11 is 0. The molecule has 0 atom stereocenters. The Kier molecular flexibility index (Phi) is 3.04. The molecule has 1 heterocycles. The molecular formula is C12H11N3O4. The summed E-state index contributed by atoms with van der Waals surface area (Å²) in [5.74, 6) is -1.53. The van der Waals surface area contributed by atoms with Crippen molar-refractivity contribution in [3.8, 4) is 11.8 Å². The molecule has 1 aromatic carbocycles. The molecule has 7 nitrogen and oxygen atoms in total. The summed E-state index contributed by atoms with van der Waals surface area (Å²) in [6, 6.07) is 4.30. The maximum absolute atomic E-state index is 11.6. The number of hydrogen-bond donors (Lipinski definition) is 2. The Labute approximate surface area is 107 Å². The second-order valence-electron chi connectivity index (χ2n) is 3.99. The van der Waals surface area contributed by atoms with Crippen molar-refractivity contribution in [2.45, 2.75) is 6.92 Å². The average Bonchev–Trinajstić information content (AvgIpc) is 2.61. The maximum Gasteiger partial charge on any atom is 0.295 e. The number of benzene rings is 1. The van der Waals surface area contributed by atoms with Crippen molar-refractivity contribution in [2.75, 3.05) is 0 Å². The van der Waals surface area contributed by atoms with Crippen LogP contribution in [0.15, 0.2) is 28.4 Å². The van der Waals surface area contributed by atoms with Gasteiger partial charge in [-0.2, -0.15) is 0 Å². The number of amides is 2. The summed E-state index contributed by atoms with van der Waals surface area (Å²) in [7, 11) is 1.49. The summed E-state index contributed by atoms with van der Waals surface area (Å²) in [6.45, 7) is 1.18. The molecule has 2 N–H and O–H groups in total. The van der Waals surface area contributed by atoms with E-state index in [1.807, 2.05) is 0 Å². The first-order chi connectivity index (χ1) is 8.91. The van der Waals surface area contributed by atoms with Gasteiger partial charge in [0.1, 0.15) is 0 Å². The predicted molar refractivity (Wildman–Crippen MR) is 66.1 cm³/mol. The maximum atomic E-state index is 11.6. The van der Waals surface area contributed by atoms with Gasteiger partial charge in [0.05, 0.1) is 0 Å². The van der Waals surface area contributed by atoms with E-state index in [1.165, 1.54) is 36.7 Å². The zero-order valence-corrected chi connectivity index (χ0v) is 10.3. The molecule has 7 heteroatoms. The Hall–Kier alpha value is -2.70. The number of hydrogen-bond acceptors (Lipinski definition) is 4. The molecule has 1 aromatic heterocycles. The SMILES string of the molecule is CC(=O)N=NC(=O)c1ccc2c(O)n(C)c(O)c2c1. The third-order valence-corrected chi connectivity index (χ3v) is 2.67. The number of carbonyl (C=O) groups is 2. The Morgan fingerprint density at radius 2 is 1.74 bits per heavy atom. The first-order valence-electron chi connectivity index (χ1n) is 5.39. The van der Waals surface area contributed by atoms with Crippen molar-refractivity contribution in [3.05, 3.63) is 23.8 Å². The summed E-state index contributed by atoms with van der Waals surface area (Å²) < 4.78 is 1.19. The van der Waals surface area contributed by atoms with Gasteiger partial charge >= 0.3 is 0 Å². The van der Waals surface area contributed by atoms with Crippen molar-refractivity contribution >= 4 is 22.6 Å². The zero-order chi connectivity index (χ0) is 14.2. The van der Waals surface area contributed by atoms with E-state index < -0.39 is 11.8 Å². The fourth-order valence-electron chi connectivity index (χ4n) is 1.69. The van der Waals surface area contributed by atoms with E-state index in [9.17, 15) is 19.8 Å². The molecule has 2 amide bonds. The number of carbonyl (C=O) groups excluding carboxylic acids is 2. The largest absolute Gasteiger partial charge is 0.494 e. The second kappa shape index (κ2) is 4.52. The van der Waals surface area contributed by atoms with Crippen molar-refractivity contribution in [3.63, 3.8) is 0 Å². The molecular weight excluding hydrogens is 250 g/mol. The van der Waals surface area contributed by atoms with Crippen LogP contribution in [0.5, 0.6) is 11.8 Å². The van der Waals surface area contributed by atoms with Crippen LogP contribution in [0, 0.1) is 0 Å². The van der Waals surface area contributed by atoms with E-state index >= 15 is 0 Å². The fourth-order valence-corrected chi connectivity index (χ4v) is 1.69. The standard InChI is InChI=1S/C12H11N3O4/c1-6(16)13-14-10(17)7-3-4-8-9(5-7)12(19)15(2)11(8)18/h3-5,18-19H,1-2H3. The number of azo groups is 1. The number of nitrogens with zero attached hydrogens (tertiary/aromatic N) is 3. The highest BCUT2D eigenvalue weighted by atomic mass is 16.3. The van der Waals surface area contributed by atoms with Crippen LogP contribution >= 0.6 is 0 Å². The normalized spacial score (nSPS) is 11.3. The molecule has 0 aliphatic rings. The Bertz CT molecular complexity index is 715. The van der Waals surface area contributed by atoms with Crippen molar-refractivity contribution < 1.29 is 19.8 Å². The number of aromatic hydroxyl groups is 2. The van der Waals surface area contributed by atoms with Crippen LogP contribution in [-0.4, -0.2) is 26.6 Å². The van der Waals surface area contributed by atoms with E-state index in [1.54, 1.807) is 0 Å². The van der Waals surface area contributed by atoms with Crippen LogP contribution in [0.1, 0.15) is 17.3 Å². The molecule has 0 fully saturated rings. The number of fused-ring (bicyclic) bond motifs is 1. The lowest BCUT2D eigenvalue weighted by molar-refractivity contribution is -0.116. The van der Waals surface area contributed by atoms with E-state index in [4.69, 9.17) is 0 Å². The molecule has 0 radical (unpaired) electrons. The smallest absolute Gasteiger partial charge is 0.295 e. The van der Waals surface area contributed by atoms with E-state index in [0.29, 0.717) is 10.8 Å². The van der Waals surface area contributed by atoms with E-state index in [-0.39, 0.29) is 17.3 Å². The highest BCUT2D eigenvalue weighted by Crippen LogP contribution is 2.35. The molecule has 0 unspecified atom stereocenters. The summed E-state index contributed by atoms with van der Waals surface area (Å²) in [4.78, 5) is 22.2. The average molecular weight is 261 g/mol. The molecule has 0 aliphatic heterocycles. The minimum Gasteiger partial charge on any atom is -0.494 e. The molecule has 0 saturated carbocycles. The monoisotopic (exact) mass is 261 g/mol. The molecule has 19 heavy (non-hydrogen) atoms. The third-order valence-electron chi connectivity index (χ3n) is 2.67. The highest BCUT2D eigenvalue weighted by molar-refractivity contribution is 6.02. The first-order valence-corrected chi connectivity index (χ1v) is 5.39. The molecule has 0 bridgehead atoms. The minimum atomic E-state index is -0.695. The van der Waals surface area contributed by atoms with Gasteiger partial charge in [0, 0.05) is 30.3 Å². The summed E-state index contributed by atoms with van der Waals surface area (Å²) in [5.41, 5.74) is 0.165. The highest BCUT2D eigenvalue weighted by Gasteiger charge is 2.15. The quantitative estimate of drug-likeness (QED) is 0.762. The molecule has 0 saturated heterocycles. The van der Waals surface area contributed by atoms with E-state index in [0.717, 1.165) is 0 Å². The van der Waals surface area contributed by atoms with Crippen LogP contribution in [-0.2, 0) is 11.8 Å². The van der Waals surface area contributed by atoms with Crippen LogP contribution in [0.2, 0.25) is 0 Å². The van der Waals surface area contributed by atoms with Gasteiger partial charge < -0.3 is 10.2 Å². The topological polar surface area (TPSA) is 104 Å². The molecule has 0 aliphatic carbocycles. The van der Waals surface area contributed by atoms with Gasteiger partial charge in [-0.25, -0.2) is 0 Å². The Morgan fingerprint density at radius 3 is 2.37 bits per heavy atom. The van der Waals surface area contributed by atoms with Crippen LogP contribution in [0.25, 0.3) is 10.8 Å². The van der Waals surface area contributed by atoms with Crippen LogP contribution in [0.3, 0.4) is 0 Å². The van der Waals surface area contributed by atoms with Gasteiger partial charge in [-0.1, -0.05) is 0 Å². The predicted octanol–water partition coefficient (Wildman–Crippen LogP) is 1.73. The fraction of sp³-hybridized carbons (Fsp3) is 0.167. The zero-order valence-electron chi connectivity index (χ0n) is 10.3. The van der Waals surface area contributed by atoms with Crippen molar-refractivity contribution in [1.82, 2.24) is 4.57 Å². The summed E-state index contributed by atoms with van der Waals surface area (Å²) in [5, 5.41) is 26.6. The first kappa shape index (κ1) is 12.7. The van der Waals surface area contributed by atoms with E-state index in [2.05, 4.69) is 10.2 Å². The summed E-state index contributed by atoms with van der Waals surface area (Å²) in [6.07, 6.45) is 0. The van der Waals surface area contributed by atoms with Gasteiger partial charge in [-0.3, -0.25) is 14.2 Å². The molecule has 2 aromatic rings. The van der Waals surface area contributed by atoms with Gasteiger partial charge in [0.15, 0.2) is 0 Å². The lowest BCUT2D eigenvalue weighted by Crippen LogP contribution is -1.94. The molecule has 0 spiro atoms. The van der Waals surface area contributed by atoms with Gasteiger partial charge in [-0.15, -0.1) is 10.2 Å².